The van der Waals surface area contributed by atoms with E-state index in [-0.39, 0.29) is 6.42 Å². The number of carbonyl (C=O) groups excluding carboxylic acids is 1. The molecule has 21 heavy (non-hydrogen) atoms. The molecule has 0 heterocycles. The fourth-order valence-corrected chi connectivity index (χ4v) is 1.76. The summed E-state index contributed by atoms with van der Waals surface area (Å²) in [5, 5.41) is 11.1. The van der Waals surface area contributed by atoms with Crippen LogP contribution >= 0.6 is 0 Å². The molecule has 6 heteroatoms. The molecule has 0 saturated heterocycles. The molecule has 4 nitrogen and oxygen atoms in total. The van der Waals surface area contributed by atoms with Gasteiger partial charge in [0, 0.05) is 5.69 Å². The molecule has 108 valence electrons. The molecule has 1 amide bonds. The third-order valence-corrected chi connectivity index (χ3v) is 2.76. The quantitative estimate of drug-likeness (QED) is 0.910. The van der Waals surface area contributed by atoms with E-state index < -0.39 is 29.1 Å². The van der Waals surface area contributed by atoms with Gasteiger partial charge in [0.2, 0.25) is 0 Å². The van der Waals surface area contributed by atoms with Gasteiger partial charge in [-0.1, -0.05) is 18.2 Å². The summed E-state index contributed by atoms with van der Waals surface area (Å²) in [4.78, 5) is 22.4. The second-order valence-corrected chi connectivity index (χ2v) is 4.32. The molecule has 0 fully saturated rings. The predicted molar refractivity (Wildman–Crippen MR) is 72.1 cm³/mol. The van der Waals surface area contributed by atoms with E-state index >= 15 is 0 Å². The number of hydrogen-bond acceptors (Lipinski definition) is 2. The van der Waals surface area contributed by atoms with Gasteiger partial charge in [-0.15, -0.1) is 0 Å². The number of halogens is 2. The molecule has 0 saturated carbocycles. The number of carboxylic acids is 1. The topological polar surface area (TPSA) is 66.4 Å². The van der Waals surface area contributed by atoms with Crippen molar-refractivity contribution in [2.24, 2.45) is 0 Å². The molecule has 0 aromatic heterocycles. The number of benzene rings is 2. The first-order valence-corrected chi connectivity index (χ1v) is 6.03. The standard InChI is InChI=1S/C15H11F2NO3/c16-12-3-1-2-11(14(12)17)15(21)18-10-6-4-9(5-7-10)8-13(19)20/h1-7H,8H2,(H,18,21)(H,19,20). The summed E-state index contributed by atoms with van der Waals surface area (Å²) in [7, 11) is 0. The summed E-state index contributed by atoms with van der Waals surface area (Å²) >= 11 is 0. The summed E-state index contributed by atoms with van der Waals surface area (Å²) in [6, 6.07) is 9.39. The van der Waals surface area contributed by atoms with Crippen LogP contribution in [-0.2, 0) is 11.2 Å². The lowest BCUT2D eigenvalue weighted by atomic mass is 10.1. The highest BCUT2D eigenvalue weighted by atomic mass is 19.2. The Bertz CT molecular complexity index is 684. The first kappa shape index (κ1) is 14.6. The fraction of sp³-hybridized carbons (Fsp3) is 0.0667. The highest BCUT2D eigenvalue weighted by molar-refractivity contribution is 6.04. The monoisotopic (exact) mass is 291 g/mol. The molecular weight excluding hydrogens is 280 g/mol. The van der Waals surface area contributed by atoms with Gasteiger partial charge >= 0.3 is 5.97 Å². The summed E-state index contributed by atoms with van der Waals surface area (Å²) < 4.78 is 26.5. The van der Waals surface area contributed by atoms with Crippen molar-refractivity contribution in [1.29, 1.82) is 0 Å². The maximum absolute atomic E-state index is 13.5. The zero-order chi connectivity index (χ0) is 15.4. The van der Waals surface area contributed by atoms with Crippen LogP contribution in [0.15, 0.2) is 42.5 Å². The molecule has 0 radical (unpaired) electrons. The maximum atomic E-state index is 13.5. The van der Waals surface area contributed by atoms with E-state index in [1.165, 1.54) is 36.4 Å². The Hall–Kier alpha value is -2.76. The molecule has 0 unspecified atom stereocenters. The Morgan fingerprint density at radius 1 is 1.05 bits per heavy atom. The van der Waals surface area contributed by atoms with Crippen LogP contribution in [0.1, 0.15) is 15.9 Å². The number of nitrogens with one attached hydrogen (secondary N) is 1. The summed E-state index contributed by atoms with van der Waals surface area (Å²) in [5.41, 5.74) is 0.528. The summed E-state index contributed by atoms with van der Waals surface area (Å²) in [5.74, 6) is -4.05. The number of carboxylic acid groups (broad SMARTS) is 1. The molecule has 0 atom stereocenters. The van der Waals surface area contributed by atoms with Crippen molar-refractivity contribution in [2.45, 2.75) is 6.42 Å². The molecule has 2 aromatic carbocycles. The summed E-state index contributed by atoms with van der Waals surface area (Å²) in [6.45, 7) is 0. The molecular formula is C15H11F2NO3. The number of hydrogen-bond donors (Lipinski definition) is 2. The molecule has 0 spiro atoms. The Morgan fingerprint density at radius 2 is 1.71 bits per heavy atom. The minimum atomic E-state index is -1.21. The van der Waals surface area contributed by atoms with E-state index in [0.717, 1.165) is 6.07 Å². The van der Waals surface area contributed by atoms with E-state index in [9.17, 15) is 18.4 Å². The van der Waals surface area contributed by atoms with Crippen molar-refractivity contribution in [3.8, 4) is 0 Å². The number of anilines is 1. The lowest BCUT2D eigenvalue weighted by molar-refractivity contribution is -0.136. The van der Waals surface area contributed by atoms with Crippen LogP contribution in [0.25, 0.3) is 0 Å². The van der Waals surface area contributed by atoms with Crippen molar-refractivity contribution >= 4 is 17.6 Å². The van der Waals surface area contributed by atoms with Gasteiger partial charge in [0.1, 0.15) is 0 Å². The Kier molecular flexibility index (Phi) is 4.27. The Morgan fingerprint density at radius 3 is 2.33 bits per heavy atom. The van der Waals surface area contributed by atoms with Gasteiger partial charge in [-0.05, 0) is 29.8 Å². The maximum Gasteiger partial charge on any atom is 0.307 e. The van der Waals surface area contributed by atoms with E-state index in [1.807, 2.05) is 0 Å². The van der Waals surface area contributed by atoms with Crippen molar-refractivity contribution in [1.82, 2.24) is 0 Å². The first-order chi connectivity index (χ1) is 9.97. The van der Waals surface area contributed by atoms with Gasteiger partial charge in [-0.25, -0.2) is 8.78 Å². The van der Waals surface area contributed by atoms with Gasteiger partial charge in [0.25, 0.3) is 5.91 Å². The number of aliphatic carboxylic acids is 1. The Labute approximate surface area is 119 Å². The average Bonchev–Trinajstić information content (AvgIpc) is 2.43. The normalized spacial score (nSPS) is 10.2. The highest BCUT2D eigenvalue weighted by Gasteiger charge is 2.15. The highest BCUT2D eigenvalue weighted by Crippen LogP contribution is 2.15. The molecule has 2 N–H and O–H groups in total. The zero-order valence-electron chi connectivity index (χ0n) is 10.8. The van der Waals surface area contributed by atoms with Crippen LogP contribution in [0.2, 0.25) is 0 Å². The molecule has 2 rings (SSSR count). The van der Waals surface area contributed by atoms with Crippen LogP contribution in [0.4, 0.5) is 14.5 Å². The van der Waals surface area contributed by atoms with Gasteiger partial charge in [-0.2, -0.15) is 0 Å². The van der Waals surface area contributed by atoms with Crippen LogP contribution in [-0.4, -0.2) is 17.0 Å². The van der Waals surface area contributed by atoms with Gasteiger partial charge < -0.3 is 10.4 Å². The molecule has 0 aliphatic carbocycles. The minimum absolute atomic E-state index is 0.132. The fourth-order valence-electron chi connectivity index (χ4n) is 1.76. The molecule has 0 bridgehead atoms. The second kappa shape index (κ2) is 6.13. The van der Waals surface area contributed by atoms with Gasteiger partial charge in [-0.3, -0.25) is 9.59 Å². The van der Waals surface area contributed by atoms with Gasteiger partial charge in [0.05, 0.1) is 12.0 Å². The predicted octanol–water partition coefficient (Wildman–Crippen LogP) is 2.84. The molecule has 0 aliphatic rings. The second-order valence-electron chi connectivity index (χ2n) is 4.32. The largest absolute Gasteiger partial charge is 0.481 e. The van der Waals surface area contributed by atoms with Gasteiger partial charge in [0.15, 0.2) is 11.6 Å². The smallest absolute Gasteiger partial charge is 0.307 e. The lowest BCUT2D eigenvalue weighted by Gasteiger charge is -2.07. The average molecular weight is 291 g/mol. The van der Waals surface area contributed by atoms with E-state index in [4.69, 9.17) is 5.11 Å². The van der Waals surface area contributed by atoms with Crippen LogP contribution in [0.5, 0.6) is 0 Å². The van der Waals surface area contributed by atoms with Crippen molar-refractivity contribution in [3.63, 3.8) is 0 Å². The van der Waals surface area contributed by atoms with Crippen LogP contribution in [0.3, 0.4) is 0 Å². The molecule has 2 aromatic rings. The number of carbonyl (C=O) groups is 2. The third-order valence-electron chi connectivity index (χ3n) is 2.76. The van der Waals surface area contributed by atoms with Crippen molar-refractivity contribution in [2.75, 3.05) is 5.32 Å². The number of rotatable bonds is 4. The van der Waals surface area contributed by atoms with Crippen molar-refractivity contribution < 1.29 is 23.5 Å². The van der Waals surface area contributed by atoms with Crippen molar-refractivity contribution in [3.05, 3.63) is 65.2 Å². The lowest BCUT2D eigenvalue weighted by Crippen LogP contribution is -2.14. The zero-order valence-corrected chi connectivity index (χ0v) is 10.8. The van der Waals surface area contributed by atoms with E-state index in [0.29, 0.717) is 11.3 Å². The molecule has 0 aliphatic heterocycles. The SMILES string of the molecule is O=C(O)Cc1ccc(NC(=O)c2cccc(F)c2F)cc1. The third kappa shape index (κ3) is 3.62. The summed E-state index contributed by atoms with van der Waals surface area (Å²) in [6.07, 6.45) is -0.132. The van der Waals surface area contributed by atoms with E-state index in [1.54, 1.807) is 0 Å². The Balaban J connectivity index is 2.12. The minimum Gasteiger partial charge on any atom is -0.481 e. The van der Waals surface area contributed by atoms with E-state index in [2.05, 4.69) is 5.32 Å². The first-order valence-electron chi connectivity index (χ1n) is 6.03. The number of amides is 1. The van der Waals surface area contributed by atoms with Crippen LogP contribution < -0.4 is 5.32 Å². The van der Waals surface area contributed by atoms with Crippen LogP contribution in [0, 0.1) is 11.6 Å².